The van der Waals surface area contributed by atoms with Crippen LogP contribution in [0.25, 0.3) is 16.8 Å². The quantitative estimate of drug-likeness (QED) is 0.661. The molecule has 0 saturated heterocycles. The first-order valence-electron chi connectivity index (χ1n) is 9.62. The molecule has 2 heterocycles. The number of ether oxygens (including phenoxy) is 2. The maximum absolute atomic E-state index is 14.9. The minimum atomic E-state index is -1.45. The second-order valence-electron chi connectivity index (χ2n) is 8.32. The molecule has 1 amide bonds. The van der Waals surface area contributed by atoms with Crippen molar-refractivity contribution in [2.45, 2.75) is 44.9 Å². The van der Waals surface area contributed by atoms with Gasteiger partial charge in [-0.05, 0) is 45.7 Å². The van der Waals surface area contributed by atoms with E-state index in [4.69, 9.17) is 15.2 Å². The van der Waals surface area contributed by atoms with Gasteiger partial charge in [0.1, 0.15) is 28.4 Å². The van der Waals surface area contributed by atoms with E-state index in [1.807, 2.05) is 0 Å². The van der Waals surface area contributed by atoms with E-state index in [9.17, 15) is 9.18 Å². The zero-order chi connectivity index (χ0) is 21.7. The summed E-state index contributed by atoms with van der Waals surface area (Å²) in [6.45, 7) is 5.35. The van der Waals surface area contributed by atoms with Crippen molar-refractivity contribution >= 4 is 23.1 Å². The first-order chi connectivity index (χ1) is 14.1. The van der Waals surface area contributed by atoms with Crippen LogP contribution in [-0.2, 0) is 10.4 Å². The third-order valence-electron chi connectivity index (χ3n) is 4.78. The van der Waals surface area contributed by atoms with Crippen molar-refractivity contribution in [3.63, 3.8) is 0 Å². The van der Waals surface area contributed by atoms with Crippen LogP contribution in [0.5, 0.6) is 5.75 Å². The largest absolute Gasteiger partial charge is 0.495 e. The summed E-state index contributed by atoms with van der Waals surface area (Å²) >= 11 is 0. The molecule has 2 aromatic heterocycles. The molecule has 4 rings (SSSR count). The number of hydrogen-bond donors (Lipinski definition) is 2. The van der Waals surface area contributed by atoms with Crippen molar-refractivity contribution in [1.29, 1.82) is 0 Å². The topological polar surface area (TPSA) is 104 Å². The molecule has 0 unspecified atom stereocenters. The van der Waals surface area contributed by atoms with Crippen LogP contribution < -0.4 is 15.8 Å². The minimum absolute atomic E-state index is 0.255. The third kappa shape index (κ3) is 3.62. The molecule has 1 aliphatic rings. The van der Waals surface area contributed by atoms with Crippen LogP contribution in [0, 0.1) is 0 Å². The fourth-order valence-corrected chi connectivity index (χ4v) is 3.27. The molecular weight excluding hydrogens is 389 g/mol. The molecule has 0 aliphatic heterocycles. The Morgan fingerprint density at radius 2 is 2.07 bits per heavy atom. The van der Waals surface area contributed by atoms with Gasteiger partial charge in [-0.25, -0.2) is 19.2 Å². The predicted octanol–water partition coefficient (Wildman–Crippen LogP) is 4.29. The summed E-state index contributed by atoms with van der Waals surface area (Å²) in [7, 11) is 1.49. The normalized spacial score (nSPS) is 15.1. The summed E-state index contributed by atoms with van der Waals surface area (Å²) in [6, 6.07) is 5.15. The Morgan fingerprint density at radius 3 is 2.70 bits per heavy atom. The van der Waals surface area contributed by atoms with Crippen LogP contribution in [0.1, 0.15) is 39.4 Å². The molecule has 1 aromatic carbocycles. The van der Waals surface area contributed by atoms with Crippen molar-refractivity contribution in [2.75, 3.05) is 18.2 Å². The van der Waals surface area contributed by atoms with E-state index in [0.29, 0.717) is 46.9 Å². The number of nitrogens with zero attached hydrogens (tertiary/aromatic N) is 3. The molecule has 158 valence electrons. The number of amides is 1. The highest BCUT2D eigenvalue weighted by Gasteiger charge is 2.49. The number of nitrogens with one attached hydrogen (secondary N) is 1. The van der Waals surface area contributed by atoms with Crippen molar-refractivity contribution in [1.82, 2.24) is 14.4 Å². The van der Waals surface area contributed by atoms with E-state index in [1.165, 1.54) is 13.3 Å². The van der Waals surface area contributed by atoms with Gasteiger partial charge in [-0.15, -0.1) is 0 Å². The van der Waals surface area contributed by atoms with Crippen LogP contribution in [0.4, 0.5) is 20.7 Å². The lowest BCUT2D eigenvalue weighted by molar-refractivity contribution is 0.0635. The predicted molar refractivity (Wildman–Crippen MR) is 111 cm³/mol. The molecule has 0 radical (unpaired) electrons. The van der Waals surface area contributed by atoms with E-state index in [0.717, 1.165) is 0 Å². The Bertz CT molecular complexity index is 1130. The maximum Gasteiger partial charge on any atom is 0.412 e. The lowest BCUT2D eigenvalue weighted by atomic mass is 10.1. The number of fused-ring (bicyclic) bond motifs is 1. The lowest BCUT2D eigenvalue weighted by Gasteiger charge is -2.20. The maximum atomic E-state index is 14.9. The summed E-state index contributed by atoms with van der Waals surface area (Å²) in [4.78, 5) is 20.8. The number of imidazole rings is 1. The van der Waals surface area contributed by atoms with Crippen LogP contribution in [0.2, 0.25) is 0 Å². The number of methoxy groups -OCH3 is 1. The molecule has 3 aromatic rings. The summed E-state index contributed by atoms with van der Waals surface area (Å²) in [6.07, 6.45) is 3.44. The number of nitrogen functional groups attached to an aromatic ring is 1. The second kappa shape index (κ2) is 6.86. The van der Waals surface area contributed by atoms with Crippen molar-refractivity contribution < 1.29 is 18.7 Å². The zero-order valence-corrected chi connectivity index (χ0v) is 17.3. The number of carbonyl (C=O) groups excluding carboxylic acids is 1. The standard InChI is InChI=1S/C21H24FN5O3/c1-20(2,3)30-19(28)25-13-6-5-12(11-14(13)29-4)15-16-17(23)24-9-10-27(16)18(26-15)21(22)7-8-21/h5-6,9-11H,7-8H2,1-4H3,(H2,23,24)(H,25,28). The van der Waals surface area contributed by atoms with Gasteiger partial charge >= 0.3 is 6.09 Å². The lowest BCUT2D eigenvalue weighted by Crippen LogP contribution is -2.27. The Kier molecular flexibility index (Phi) is 4.56. The summed E-state index contributed by atoms with van der Waals surface area (Å²) < 4.78 is 27.3. The molecule has 8 nitrogen and oxygen atoms in total. The fourth-order valence-electron chi connectivity index (χ4n) is 3.27. The number of rotatable bonds is 4. The van der Waals surface area contributed by atoms with Crippen molar-refractivity contribution in [3.8, 4) is 17.0 Å². The number of benzene rings is 1. The summed E-state index contributed by atoms with van der Waals surface area (Å²) in [5.74, 6) is 0.979. The number of nitrogens with two attached hydrogens (primary N) is 1. The van der Waals surface area contributed by atoms with E-state index in [-0.39, 0.29) is 5.82 Å². The van der Waals surface area contributed by atoms with Gasteiger partial charge in [0.2, 0.25) is 0 Å². The minimum Gasteiger partial charge on any atom is -0.495 e. The molecule has 9 heteroatoms. The molecule has 30 heavy (non-hydrogen) atoms. The van der Waals surface area contributed by atoms with E-state index in [2.05, 4.69) is 15.3 Å². The first-order valence-corrected chi connectivity index (χ1v) is 9.62. The van der Waals surface area contributed by atoms with Crippen molar-refractivity contribution in [2.24, 2.45) is 0 Å². The van der Waals surface area contributed by atoms with Gasteiger partial charge in [0.05, 0.1) is 12.8 Å². The smallest absolute Gasteiger partial charge is 0.412 e. The SMILES string of the molecule is COc1cc(-c2nc(C3(F)CC3)n3ccnc(N)c23)ccc1NC(=O)OC(C)(C)C. The van der Waals surface area contributed by atoms with Gasteiger partial charge in [0.15, 0.2) is 11.5 Å². The van der Waals surface area contributed by atoms with Gasteiger partial charge in [-0.2, -0.15) is 0 Å². The Hall–Kier alpha value is -3.36. The first kappa shape index (κ1) is 19.9. The number of halogens is 1. The summed E-state index contributed by atoms with van der Waals surface area (Å²) in [5, 5.41) is 2.68. The number of aromatic nitrogens is 3. The highest BCUT2D eigenvalue weighted by Crippen LogP contribution is 2.50. The van der Waals surface area contributed by atoms with Gasteiger partial charge in [-0.1, -0.05) is 6.07 Å². The van der Waals surface area contributed by atoms with Gasteiger partial charge in [0.25, 0.3) is 0 Å². The van der Waals surface area contributed by atoms with Crippen LogP contribution in [-0.4, -0.2) is 33.2 Å². The van der Waals surface area contributed by atoms with Gasteiger partial charge in [0, 0.05) is 18.0 Å². The number of hydrogen-bond acceptors (Lipinski definition) is 6. The van der Waals surface area contributed by atoms with Gasteiger partial charge in [-0.3, -0.25) is 9.72 Å². The van der Waals surface area contributed by atoms with Gasteiger partial charge < -0.3 is 15.2 Å². The van der Waals surface area contributed by atoms with Crippen LogP contribution >= 0.6 is 0 Å². The Labute approximate surface area is 173 Å². The Balaban J connectivity index is 1.75. The molecule has 0 spiro atoms. The molecule has 0 bridgehead atoms. The molecule has 1 aliphatic carbocycles. The monoisotopic (exact) mass is 413 g/mol. The molecular formula is C21H24FN5O3. The second-order valence-corrected chi connectivity index (χ2v) is 8.32. The average Bonchev–Trinajstić information content (AvgIpc) is 3.27. The highest BCUT2D eigenvalue weighted by atomic mass is 19.1. The summed E-state index contributed by atoms with van der Waals surface area (Å²) in [5.41, 5.74) is 6.16. The fraction of sp³-hybridized carbons (Fsp3) is 0.381. The zero-order valence-electron chi connectivity index (χ0n) is 17.3. The average molecular weight is 413 g/mol. The molecule has 1 saturated carbocycles. The van der Waals surface area contributed by atoms with E-state index < -0.39 is 17.4 Å². The molecule has 1 fully saturated rings. The van der Waals surface area contributed by atoms with E-state index in [1.54, 1.807) is 49.6 Å². The number of anilines is 2. The third-order valence-corrected chi connectivity index (χ3v) is 4.78. The van der Waals surface area contributed by atoms with Crippen LogP contribution in [0.3, 0.4) is 0 Å². The van der Waals surface area contributed by atoms with E-state index >= 15 is 0 Å². The number of alkyl halides is 1. The Morgan fingerprint density at radius 1 is 1.33 bits per heavy atom. The van der Waals surface area contributed by atoms with Crippen LogP contribution in [0.15, 0.2) is 30.6 Å². The van der Waals surface area contributed by atoms with Crippen molar-refractivity contribution in [3.05, 3.63) is 36.4 Å². The highest BCUT2D eigenvalue weighted by molar-refractivity contribution is 5.90. The molecule has 0 atom stereocenters. The number of carbonyl (C=O) groups is 1. The molecule has 3 N–H and O–H groups in total.